The van der Waals surface area contributed by atoms with Crippen molar-refractivity contribution in [2.75, 3.05) is 0 Å². The molecule has 0 atom stereocenters. The van der Waals surface area contributed by atoms with E-state index in [1.165, 1.54) is 12.6 Å². The molecule has 0 radical (unpaired) electrons. The summed E-state index contributed by atoms with van der Waals surface area (Å²) in [6, 6.07) is 1.82. The third-order valence-electron chi connectivity index (χ3n) is 1.81. The number of fused-ring (bicyclic) bond motifs is 2. The van der Waals surface area contributed by atoms with Crippen LogP contribution in [-0.4, -0.2) is 20.1 Å². The minimum atomic E-state index is 0.714. The first-order valence-electron chi connectivity index (χ1n) is 3.74. The number of hydrogen-bond donors (Lipinski definition) is 0. The predicted molar refractivity (Wildman–Crippen MR) is 44.9 cm³/mol. The van der Waals surface area contributed by atoms with Gasteiger partial charge in [0.2, 0.25) is 0 Å². The van der Waals surface area contributed by atoms with Crippen molar-refractivity contribution < 1.29 is 4.52 Å². The van der Waals surface area contributed by atoms with Crippen LogP contribution >= 0.6 is 0 Å². The Morgan fingerprint density at radius 3 is 3.08 bits per heavy atom. The van der Waals surface area contributed by atoms with Crippen LogP contribution in [0.1, 0.15) is 0 Å². The lowest BCUT2D eigenvalue weighted by atomic mass is 10.3. The lowest BCUT2D eigenvalue weighted by molar-refractivity contribution is 0.428. The lowest BCUT2D eigenvalue weighted by Gasteiger charge is -1.92. The molecule has 0 unspecified atom stereocenters. The van der Waals surface area contributed by atoms with Crippen molar-refractivity contribution in [3.8, 4) is 0 Å². The molecule has 62 valence electrons. The summed E-state index contributed by atoms with van der Waals surface area (Å²) in [4.78, 5) is 12.2. The standard InChI is InChI=1S/C8H4N4O/c1-5-7(2-9-4-10-5)11-8-3-13-12-6(1)8/h1-4H. The second-order valence-corrected chi connectivity index (χ2v) is 2.63. The average Bonchev–Trinajstić information content (AvgIpc) is 2.61. The fraction of sp³-hybridized carbons (Fsp3) is 0. The first kappa shape index (κ1) is 6.47. The van der Waals surface area contributed by atoms with Crippen molar-refractivity contribution in [2.45, 2.75) is 0 Å². The maximum absolute atomic E-state index is 4.78. The van der Waals surface area contributed by atoms with Gasteiger partial charge in [-0.25, -0.2) is 15.0 Å². The van der Waals surface area contributed by atoms with Gasteiger partial charge in [-0.05, 0) is 6.07 Å². The average molecular weight is 172 g/mol. The fourth-order valence-electron chi connectivity index (χ4n) is 1.21. The Balaban J connectivity index is 2.57. The predicted octanol–water partition coefficient (Wildman–Crippen LogP) is 1.17. The number of nitrogens with zero attached hydrogens (tertiary/aromatic N) is 4. The molecule has 0 aromatic carbocycles. The maximum atomic E-state index is 4.78. The zero-order valence-corrected chi connectivity index (χ0v) is 6.51. The van der Waals surface area contributed by atoms with Crippen LogP contribution in [0.5, 0.6) is 0 Å². The van der Waals surface area contributed by atoms with E-state index in [0.29, 0.717) is 5.52 Å². The molecule has 0 aliphatic heterocycles. The normalized spacial score (nSPS) is 11.1. The fourth-order valence-corrected chi connectivity index (χ4v) is 1.21. The Bertz CT molecular complexity index is 525. The molecule has 0 bridgehead atoms. The highest BCUT2D eigenvalue weighted by atomic mass is 16.5. The zero-order chi connectivity index (χ0) is 8.67. The molecule has 5 heteroatoms. The molecule has 3 rings (SSSR count). The molecular weight excluding hydrogens is 168 g/mol. The van der Waals surface area contributed by atoms with Crippen molar-refractivity contribution in [2.24, 2.45) is 0 Å². The van der Waals surface area contributed by atoms with Crippen molar-refractivity contribution >= 4 is 22.1 Å². The third kappa shape index (κ3) is 0.868. The minimum absolute atomic E-state index is 0.714. The van der Waals surface area contributed by atoms with Crippen LogP contribution in [0.25, 0.3) is 22.1 Å². The van der Waals surface area contributed by atoms with E-state index in [-0.39, 0.29) is 0 Å². The van der Waals surface area contributed by atoms with E-state index in [1.54, 1.807) is 6.20 Å². The molecule has 0 spiro atoms. The highest BCUT2D eigenvalue weighted by Gasteiger charge is 2.02. The highest BCUT2D eigenvalue weighted by Crippen LogP contribution is 2.14. The first-order chi connectivity index (χ1) is 6.43. The van der Waals surface area contributed by atoms with E-state index in [9.17, 15) is 0 Å². The van der Waals surface area contributed by atoms with E-state index in [4.69, 9.17) is 4.52 Å². The van der Waals surface area contributed by atoms with E-state index >= 15 is 0 Å². The van der Waals surface area contributed by atoms with Gasteiger partial charge in [0.05, 0.1) is 11.7 Å². The van der Waals surface area contributed by atoms with Gasteiger partial charge in [-0.3, -0.25) is 0 Å². The minimum Gasteiger partial charge on any atom is -0.362 e. The molecule has 0 amide bonds. The topological polar surface area (TPSA) is 64.7 Å². The molecule has 0 fully saturated rings. The van der Waals surface area contributed by atoms with Crippen molar-refractivity contribution in [1.29, 1.82) is 0 Å². The van der Waals surface area contributed by atoms with Crippen LogP contribution in [-0.2, 0) is 0 Å². The smallest absolute Gasteiger partial charge is 0.150 e. The molecule has 0 aliphatic rings. The van der Waals surface area contributed by atoms with Gasteiger partial charge in [-0.2, -0.15) is 0 Å². The van der Waals surface area contributed by atoms with Gasteiger partial charge in [0.25, 0.3) is 0 Å². The summed E-state index contributed by atoms with van der Waals surface area (Å²) < 4.78 is 4.78. The van der Waals surface area contributed by atoms with Gasteiger partial charge < -0.3 is 4.52 Å². The molecule has 5 nitrogen and oxygen atoms in total. The van der Waals surface area contributed by atoms with Crippen LogP contribution in [0, 0.1) is 0 Å². The Morgan fingerprint density at radius 1 is 1.08 bits per heavy atom. The summed E-state index contributed by atoms with van der Waals surface area (Å²) in [6.07, 6.45) is 4.65. The van der Waals surface area contributed by atoms with Gasteiger partial charge >= 0.3 is 0 Å². The van der Waals surface area contributed by atoms with E-state index < -0.39 is 0 Å². The van der Waals surface area contributed by atoms with Gasteiger partial charge in [-0.1, -0.05) is 5.16 Å². The Labute approximate surface area is 72.4 Å². The van der Waals surface area contributed by atoms with Gasteiger partial charge in [0.15, 0.2) is 0 Å². The summed E-state index contributed by atoms with van der Waals surface area (Å²) >= 11 is 0. The summed E-state index contributed by atoms with van der Waals surface area (Å²) in [5.41, 5.74) is 2.96. The van der Waals surface area contributed by atoms with Gasteiger partial charge in [0, 0.05) is 0 Å². The van der Waals surface area contributed by atoms with E-state index in [1.807, 2.05) is 6.07 Å². The number of aromatic nitrogens is 4. The van der Waals surface area contributed by atoms with Crippen LogP contribution in [0.4, 0.5) is 0 Å². The highest BCUT2D eigenvalue weighted by molar-refractivity contribution is 5.86. The van der Waals surface area contributed by atoms with Crippen molar-refractivity contribution in [3.63, 3.8) is 0 Å². The Hall–Kier alpha value is -2.04. The zero-order valence-electron chi connectivity index (χ0n) is 6.51. The Kier molecular flexibility index (Phi) is 1.11. The molecule has 0 N–H and O–H groups in total. The van der Waals surface area contributed by atoms with Crippen LogP contribution in [0.3, 0.4) is 0 Å². The van der Waals surface area contributed by atoms with Gasteiger partial charge in [-0.15, -0.1) is 0 Å². The number of hydrogen-bond acceptors (Lipinski definition) is 5. The summed E-state index contributed by atoms with van der Waals surface area (Å²) in [5.74, 6) is 0. The lowest BCUT2D eigenvalue weighted by Crippen LogP contribution is -1.84. The van der Waals surface area contributed by atoms with E-state index in [2.05, 4.69) is 20.1 Å². The number of rotatable bonds is 0. The second-order valence-electron chi connectivity index (χ2n) is 2.63. The molecule has 3 aromatic heterocycles. The summed E-state index contributed by atoms with van der Waals surface area (Å²) in [7, 11) is 0. The molecule has 3 heterocycles. The van der Waals surface area contributed by atoms with Crippen LogP contribution in [0.2, 0.25) is 0 Å². The second kappa shape index (κ2) is 2.22. The van der Waals surface area contributed by atoms with Gasteiger partial charge in [0.1, 0.15) is 29.1 Å². The first-order valence-corrected chi connectivity index (χ1v) is 3.74. The molecule has 0 saturated carbocycles. The van der Waals surface area contributed by atoms with Crippen molar-refractivity contribution in [3.05, 3.63) is 24.9 Å². The van der Waals surface area contributed by atoms with Crippen LogP contribution in [0.15, 0.2) is 29.4 Å². The van der Waals surface area contributed by atoms with Crippen molar-refractivity contribution in [1.82, 2.24) is 20.1 Å². The number of pyridine rings is 1. The third-order valence-corrected chi connectivity index (χ3v) is 1.81. The largest absolute Gasteiger partial charge is 0.362 e. The monoisotopic (exact) mass is 172 g/mol. The van der Waals surface area contributed by atoms with E-state index in [0.717, 1.165) is 16.6 Å². The molecular formula is C8H4N4O. The maximum Gasteiger partial charge on any atom is 0.150 e. The summed E-state index contributed by atoms with van der Waals surface area (Å²) in [5, 5.41) is 3.77. The molecule has 3 aromatic rings. The Morgan fingerprint density at radius 2 is 2.08 bits per heavy atom. The molecule has 0 aliphatic carbocycles. The SMILES string of the molecule is c1ncc2nc3conc3cc2n1. The molecule has 13 heavy (non-hydrogen) atoms. The molecule has 0 saturated heterocycles. The van der Waals surface area contributed by atoms with Crippen LogP contribution < -0.4 is 0 Å². The quantitative estimate of drug-likeness (QED) is 0.509. The summed E-state index contributed by atoms with van der Waals surface area (Å²) in [6.45, 7) is 0.